The maximum Gasteiger partial charge on any atom is 0.272 e. The van der Waals surface area contributed by atoms with Crippen LogP contribution in [0.4, 0.5) is 0 Å². The van der Waals surface area contributed by atoms with Crippen LogP contribution in [-0.2, 0) is 14.8 Å². The van der Waals surface area contributed by atoms with E-state index in [9.17, 15) is 13.2 Å². The maximum absolute atomic E-state index is 12.5. The Morgan fingerprint density at radius 1 is 1.48 bits per heavy atom. The van der Waals surface area contributed by atoms with Crippen molar-refractivity contribution in [2.45, 2.75) is 30.9 Å². The van der Waals surface area contributed by atoms with Crippen molar-refractivity contribution in [3.8, 4) is 0 Å². The third-order valence-electron chi connectivity index (χ3n) is 4.36. The molecule has 2 saturated heterocycles. The molecule has 1 aromatic heterocycles. The third kappa shape index (κ3) is 3.88. The Labute approximate surface area is 136 Å². The number of nitrogens with zero attached hydrogens (tertiary/aromatic N) is 2. The Hall–Kier alpha value is -1.51. The van der Waals surface area contributed by atoms with Gasteiger partial charge in [-0.3, -0.25) is 9.78 Å². The highest BCUT2D eigenvalue weighted by molar-refractivity contribution is 7.88. The van der Waals surface area contributed by atoms with Gasteiger partial charge in [0.25, 0.3) is 5.91 Å². The van der Waals surface area contributed by atoms with Crippen molar-refractivity contribution >= 4 is 15.9 Å². The quantitative estimate of drug-likeness (QED) is 0.861. The second-order valence-electron chi connectivity index (χ2n) is 6.30. The van der Waals surface area contributed by atoms with Gasteiger partial charge in [-0.2, -0.15) is 0 Å². The molecule has 8 heteroatoms. The molecule has 0 saturated carbocycles. The topological polar surface area (TPSA) is 88.6 Å². The molecular weight excluding hydrogens is 318 g/mol. The van der Waals surface area contributed by atoms with E-state index in [-0.39, 0.29) is 11.9 Å². The average molecular weight is 339 g/mol. The summed E-state index contributed by atoms with van der Waals surface area (Å²) in [5.41, 5.74) is -0.0309. The van der Waals surface area contributed by atoms with Crippen LogP contribution >= 0.6 is 0 Å². The number of likely N-dealkylation sites (tertiary alicyclic amines) is 1. The van der Waals surface area contributed by atoms with Crippen LogP contribution in [0.3, 0.4) is 0 Å². The van der Waals surface area contributed by atoms with E-state index in [2.05, 4.69) is 9.71 Å². The lowest BCUT2D eigenvalue weighted by Gasteiger charge is -2.38. The Morgan fingerprint density at radius 3 is 3.00 bits per heavy atom. The molecule has 2 aliphatic rings. The number of pyridine rings is 1. The average Bonchev–Trinajstić information content (AvgIpc) is 2.89. The molecule has 1 amide bonds. The molecule has 23 heavy (non-hydrogen) atoms. The summed E-state index contributed by atoms with van der Waals surface area (Å²) in [7, 11) is -3.24. The molecule has 3 heterocycles. The smallest absolute Gasteiger partial charge is 0.272 e. The SMILES string of the molecule is CS(=O)(=O)N[C@H]1CCO[C@]2(CCN(C(=O)c3ccccn3)C2)C1. The van der Waals surface area contributed by atoms with E-state index in [4.69, 9.17) is 4.74 Å². The number of carbonyl (C=O) groups is 1. The third-order valence-corrected chi connectivity index (χ3v) is 5.12. The maximum atomic E-state index is 12.5. The Bertz CT molecular complexity index is 679. The van der Waals surface area contributed by atoms with E-state index >= 15 is 0 Å². The predicted molar refractivity (Wildman–Crippen MR) is 84.4 cm³/mol. The molecule has 0 aliphatic carbocycles. The fourth-order valence-electron chi connectivity index (χ4n) is 3.38. The minimum absolute atomic E-state index is 0.107. The molecule has 2 aliphatic heterocycles. The van der Waals surface area contributed by atoms with Gasteiger partial charge >= 0.3 is 0 Å². The molecule has 1 spiro atoms. The molecule has 0 radical (unpaired) electrons. The van der Waals surface area contributed by atoms with Crippen LogP contribution in [0, 0.1) is 0 Å². The van der Waals surface area contributed by atoms with Gasteiger partial charge in [0, 0.05) is 25.4 Å². The first-order valence-electron chi connectivity index (χ1n) is 7.69. The summed E-state index contributed by atoms with van der Waals surface area (Å²) in [4.78, 5) is 18.3. The first-order chi connectivity index (χ1) is 10.9. The number of hydrogen-bond acceptors (Lipinski definition) is 5. The summed E-state index contributed by atoms with van der Waals surface area (Å²) in [6.45, 7) is 1.57. The first-order valence-corrected chi connectivity index (χ1v) is 9.58. The minimum Gasteiger partial charge on any atom is -0.373 e. The molecule has 0 aromatic carbocycles. The van der Waals surface area contributed by atoms with E-state index < -0.39 is 15.6 Å². The lowest BCUT2D eigenvalue weighted by molar-refractivity contribution is -0.0763. The zero-order valence-corrected chi connectivity index (χ0v) is 13.9. The molecule has 2 fully saturated rings. The van der Waals surface area contributed by atoms with Crippen LogP contribution < -0.4 is 4.72 Å². The van der Waals surface area contributed by atoms with Crippen LogP contribution in [0.15, 0.2) is 24.4 Å². The van der Waals surface area contributed by atoms with Crippen LogP contribution in [0.5, 0.6) is 0 Å². The van der Waals surface area contributed by atoms with Gasteiger partial charge in [-0.15, -0.1) is 0 Å². The lowest BCUT2D eigenvalue weighted by Crippen LogP contribution is -2.50. The second-order valence-corrected chi connectivity index (χ2v) is 8.08. The van der Waals surface area contributed by atoms with Gasteiger partial charge < -0.3 is 9.64 Å². The van der Waals surface area contributed by atoms with Crippen molar-refractivity contribution in [3.63, 3.8) is 0 Å². The van der Waals surface area contributed by atoms with Crippen LogP contribution in [0.2, 0.25) is 0 Å². The van der Waals surface area contributed by atoms with Gasteiger partial charge in [0.15, 0.2) is 0 Å². The number of rotatable bonds is 3. The highest BCUT2D eigenvalue weighted by atomic mass is 32.2. The fourth-order valence-corrected chi connectivity index (χ4v) is 4.19. The number of nitrogens with one attached hydrogen (secondary N) is 1. The van der Waals surface area contributed by atoms with Crippen molar-refractivity contribution in [2.75, 3.05) is 26.0 Å². The van der Waals surface area contributed by atoms with Gasteiger partial charge in [0.1, 0.15) is 5.69 Å². The zero-order valence-electron chi connectivity index (χ0n) is 13.1. The molecule has 0 bridgehead atoms. The standard InChI is InChI=1S/C15H21N3O4S/c1-23(20,21)17-12-5-9-22-15(10-12)6-8-18(11-15)14(19)13-4-2-3-7-16-13/h2-4,7,12,17H,5-6,8-11H2,1H3/t12-,15+/m0/s1. The summed E-state index contributed by atoms with van der Waals surface area (Å²) in [6.07, 6.45) is 4.73. The molecule has 7 nitrogen and oxygen atoms in total. The van der Waals surface area contributed by atoms with Gasteiger partial charge in [0.05, 0.1) is 18.4 Å². The van der Waals surface area contributed by atoms with Crippen LogP contribution in [0.25, 0.3) is 0 Å². The lowest BCUT2D eigenvalue weighted by atomic mass is 9.90. The van der Waals surface area contributed by atoms with Crippen LogP contribution in [0.1, 0.15) is 29.8 Å². The number of aromatic nitrogens is 1. The highest BCUT2D eigenvalue weighted by Crippen LogP contribution is 2.34. The Balaban J connectivity index is 1.67. The summed E-state index contributed by atoms with van der Waals surface area (Å²) in [5, 5.41) is 0. The fraction of sp³-hybridized carbons (Fsp3) is 0.600. The molecule has 1 N–H and O–H groups in total. The van der Waals surface area contributed by atoms with E-state index in [1.54, 1.807) is 29.3 Å². The van der Waals surface area contributed by atoms with Crippen molar-refractivity contribution in [1.82, 2.24) is 14.6 Å². The van der Waals surface area contributed by atoms with E-state index in [0.29, 0.717) is 44.7 Å². The molecular formula is C15H21N3O4S. The molecule has 1 aromatic rings. The van der Waals surface area contributed by atoms with E-state index in [1.165, 1.54) is 6.26 Å². The van der Waals surface area contributed by atoms with E-state index in [0.717, 1.165) is 0 Å². The second kappa shape index (κ2) is 6.18. The van der Waals surface area contributed by atoms with Gasteiger partial charge in [0.2, 0.25) is 10.0 Å². The highest BCUT2D eigenvalue weighted by Gasteiger charge is 2.45. The number of amides is 1. The van der Waals surface area contributed by atoms with Crippen molar-refractivity contribution < 1.29 is 17.9 Å². The number of ether oxygens (including phenoxy) is 1. The summed E-state index contributed by atoms with van der Waals surface area (Å²) >= 11 is 0. The molecule has 126 valence electrons. The Kier molecular flexibility index (Phi) is 4.39. The summed E-state index contributed by atoms with van der Waals surface area (Å²) in [5.74, 6) is -0.107. The molecule has 3 rings (SSSR count). The monoisotopic (exact) mass is 339 g/mol. The van der Waals surface area contributed by atoms with Crippen molar-refractivity contribution in [3.05, 3.63) is 30.1 Å². The van der Waals surface area contributed by atoms with Gasteiger partial charge in [-0.05, 0) is 31.4 Å². The van der Waals surface area contributed by atoms with Gasteiger partial charge in [-0.25, -0.2) is 13.1 Å². The number of carbonyl (C=O) groups excluding carboxylic acids is 1. The summed E-state index contributed by atoms with van der Waals surface area (Å²) in [6, 6.07) is 5.12. The Morgan fingerprint density at radius 2 is 2.30 bits per heavy atom. The van der Waals surface area contributed by atoms with Crippen molar-refractivity contribution in [1.29, 1.82) is 0 Å². The largest absolute Gasteiger partial charge is 0.373 e. The normalized spacial score (nSPS) is 28.2. The molecule has 2 atom stereocenters. The van der Waals surface area contributed by atoms with E-state index in [1.807, 2.05) is 0 Å². The first kappa shape index (κ1) is 16.4. The zero-order chi connectivity index (χ0) is 16.5. The van der Waals surface area contributed by atoms with Crippen molar-refractivity contribution in [2.24, 2.45) is 0 Å². The minimum atomic E-state index is -3.24. The predicted octanol–water partition coefficient (Wildman–Crippen LogP) is 0.395. The molecule has 0 unspecified atom stereocenters. The number of sulfonamides is 1. The van der Waals surface area contributed by atoms with Crippen LogP contribution in [-0.4, -0.2) is 61.8 Å². The summed E-state index contributed by atoms with van der Waals surface area (Å²) < 4.78 is 31.5. The number of hydrogen-bond donors (Lipinski definition) is 1. The van der Waals surface area contributed by atoms with Gasteiger partial charge in [-0.1, -0.05) is 6.07 Å².